The molecule has 1 aliphatic heterocycles. The summed E-state index contributed by atoms with van der Waals surface area (Å²) in [4.78, 5) is 24.7. The Labute approximate surface area is 110 Å². The van der Waals surface area contributed by atoms with Gasteiger partial charge in [-0.2, -0.15) is 0 Å². The second-order valence-corrected chi connectivity index (χ2v) is 4.76. The summed E-state index contributed by atoms with van der Waals surface area (Å²) in [5.74, 6) is -1.72. The molecule has 0 spiro atoms. The lowest BCUT2D eigenvalue weighted by atomic mass is 9.94. The van der Waals surface area contributed by atoms with Crippen molar-refractivity contribution < 1.29 is 14.7 Å². The first-order chi connectivity index (χ1) is 8.54. The topological polar surface area (TPSA) is 57.6 Å². The molecular formula is C13H14ClNO3. The van der Waals surface area contributed by atoms with Crippen molar-refractivity contribution in [3.05, 3.63) is 34.9 Å². The van der Waals surface area contributed by atoms with E-state index in [0.717, 1.165) is 5.56 Å². The minimum absolute atomic E-state index is 0.0659. The van der Waals surface area contributed by atoms with Gasteiger partial charge in [0.15, 0.2) is 0 Å². The van der Waals surface area contributed by atoms with Gasteiger partial charge in [0.25, 0.3) is 0 Å². The van der Waals surface area contributed by atoms with E-state index in [2.05, 4.69) is 0 Å². The standard InChI is InChI=1S/C13H14ClNO3/c1-2-15-11(16)7-10(13(17)18)12(15)8-3-5-9(14)6-4-8/h3-6,10,12H,2,7H2,1H3,(H,17,18)/t10-,12-/m0/s1. The number of likely N-dealkylation sites (tertiary alicyclic amines) is 1. The normalized spacial score (nSPS) is 23.4. The Balaban J connectivity index is 2.39. The molecule has 1 aliphatic rings. The van der Waals surface area contributed by atoms with Gasteiger partial charge < -0.3 is 10.0 Å². The summed E-state index contributed by atoms with van der Waals surface area (Å²) in [7, 11) is 0. The van der Waals surface area contributed by atoms with Crippen molar-refractivity contribution in [1.82, 2.24) is 4.90 Å². The van der Waals surface area contributed by atoms with Crippen molar-refractivity contribution in [2.45, 2.75) is 19.4 Å². The highest BCUT2D eigenvalue weighted by molar-refractivity contribution is 6.30. The number of carbonyl (C=O) groups excluding carboxylic acids is 1. The van der Waals surface area contributed by atoms with E-state index in [1.54, 1.807) is 29.2 Å². The van der Waals surface area contributed by atoms with Crippen LogP contribution >= 0.6 is 11.6 Å². The van der Waals surface area contributed by atoms with Crippen LogP contribution in [-0.4, -0.2) is 28.4 Å². The summed E-state index contributed by atoms with van der Waals surface area (Å²) in [5, 5.41) is 9.82. The van der Waals surface area contributed by atoms with E-state index in [1.807, 2.05) is 6.92 Å². The molecule has 0 aliphatic carbocycles. The number of hydrogen-bond acceptors (Lipinski definition) is 2. The summed E-state index contributed by atoms with van der Waals surface area (Å²) in [5.41, 5.74) is 0.819. The molecule has 4 nitrogen and oxygen atoms in total. The Kier molecular flexibility index (Phi) is 3.57. The minimum Gasteiger partial charge on any atom is -0.481 e. The number of nitrogens with zero attached hydrogens (tertiary/aromatic N) is 1. The highest BCUT2D eigenvalue weighted by Crippen LogP contribution is 2.38. The number of halogens is 1. The molecular weight excluding hydrogens is 254 g/mol. The fourth-order valence-corrected chi connectivity index (χ4v) is 2.58. The number of carboxylic acids is 1. The number of amides is 1. The molecule has 0 unspecified atom stereocenters. The van der Waals surface area contributed by atoms with Crippen molar-refractivity contribution in [2.24, 2.45) is 5.92 Å². The Morgan fingerprint density at radius 2 is 2.06 bits per heavy atom. The molecule has 0 bridgehead atoms. The minimum atomic E-state index is -0.931. The van der Waals surface area contributed by atoms with Gasteiger partial charge in [0, 0.05) is 18.0 Å². The summed E-state index contributed by atoms with van der Waals surface area (Å²) in [6, 6.07) is 6.60. The molecule has 5 heteroatoms. The van der Waals surface area contributed by atoms with Crippen molar-refractivity contribution in [1.29, 1.82) is 0 Å². The van der Waals surface area contributed by atoms with Crippen molar-refractivity contribution >= 4 is 23.5 Å². The number of carboxylic acid groups (broad SMARTS) is 1. The van der Waals surface area contributed by atoms with Crippen LogP contribution in [-0.2, 0) is 9.59 Å². The molecule has 0 radical (unpaired) electrons. The van der Waals surface area contributed by atoms with Gasteiger partial charge in [-0.1, -0.05) is 23.7 Å². The van der Waals surface area contributed by atoms with Crippen LogP contribution in [0.1, 0.15) is 24.9 Å². The average molecular weight is 268 g/mol. The monoisotopic (exact) mass is 267 g/mol. The second kappa shape index (κ2) is 4.98. The zero-order chi connectivity index (χ0) is 13.3. The molecule has 1 amide bonds. The van der Waals surface area contributed by atoms with Crippen LogP contribution in [0.5, 0.6) is 0 Å². The fourth-order valence-electron chi connectivity index (χ4n) is 2.46. The zero-order valence-corrected chi connectivity index (χ0v) is 10.7. The van der Waals surface area contributed by atoms with Crippen LogP contribution in [0.15, 0.2) is 24.3 Å². The van der Waals surface area contributed by atoms with Gasteiger partial charge in [0.1, 0.15) is 0 Å². The van der Waals surface area contributed by atoms with Crippen molar-refractivity contribution in [2.75, 3.05) is 6.54 Å². The summed E-state index contributed by atoms with van der Waals surface area (Å²) < 4.78 is 0. The van der Waals surface area contributed by atoms with Gasteiger partial charge in [0.05, 0.1) is 12.0 Å². The van der Waals surface area contributed by atoms with E-state index in [1.165, 1.54) is 0 Å². The number of carbonyl (C=O) groups is 2. The third-order valence-corrected chi connectivity index (χ3v) is 3.55. The molecule has 18 heavy (non-hydrogen) atoms. The van der Waals surface area contributed by atoms with E-state index in [4.69, 9.17) is 11.6 Å². The molecule has 1 heterocycles. The fraction of sp³-hybridized carbons (Fsp3) is 0.385. The predicted octanol–water partition coefficient (Wildman–Crippen LogP) is 2.33. The average Bonchev–Trinajstić information content (AvgIpc) is 2.67. The molecule has 2 rings (SSSR count). The molecule has 96 valence electrons. The van der Waals surface area contributed by atoms with E-state index in [-0.39, 0.29) is 12.3 Å². The van der Waals surface area contributed by atoms with Gasteiger partial charge >= 0.3 is 5.97 Å². The molecule has 1 fully saturated rings. The molecule has 2 atom stereocenters. The van der Waals surface area contributed by atoms with Crippen LogP contribution in [0.4, 0.5) is 0 Å². The Hall–Kier alpha value is -1.55. The van der Waals surface area contributed by atoms with Gasteiger partial charge in [-0.3, -0.25) is 9.59 Å². The Morgan fingerprint density at radius 1 is 1.44 bits per heavy atom. The molecule has 1 N–H and O–H groups in total. The smallest absolute Gasteiger partial charge is 0.309 e. The van der Waals surface area contributed by atoms with E-state index < -0.39 is 17.9 Å². The maximum Gasteiger partial charge on any atom is 0.309 e. The first-order valence-electron chi connectivity index (χ1n) is 5.82. The van der Waals surface area contributed by atoms with Crippen molar-refractivity contribution in [3.8, 4) is 0 Å². The molecule has 0 aromatic heterocycles. The van der Waals surface area contributed by atoms with Gasteiger partial charge in [-0.05, 0) is 24.6 Å². The predicted molar refractivity (Wildman–Crippen MR) is 67.3 cm³/mol. The number of rotatable bonds is 3. The van der Waals surface area contributed by atoms with Gasteiger partial charge in [0.2, 0.25) is 5.91 Å². The second-order valence-electron chi connectivity index (χ2n) is 4.32. The molecule has 1 aromatic rings. The van der Waals surface area contributed by atoms with Crippen LogP contribution < -0.4 is 0 Å². The maximum absolute atomic E-state index is 11.8. The Morgan fingerprint density at radius 3 is 2.56 bits per heavy atom. The Bertz CT molecular complexity index is 472. The lowest BCUT2D eigenvalue weighted by molar-refractivity contribution is -0.142. The van der Waals surface area contributed by atoms with Crippen LogP contribution in [0.25, 0.3) is 0 Å². The summed E-state index contributed by atoms with van der Waals surface area (Å²) >= 11 is 5.82. The lowest BCUT2D eigenvalue weighted by Crippen LogP contribution is -2.30. The van der Waals surface area contributed by atoms with Crippen LogP contribution in [0.2, 0.25) is 5.02 Å². The maximum atomic E-state index is 11.8. The zero-order valence-electron chi connectivity index (χ0n) is 9.97. The third-order valence-electron chi connectivity index (χ3n) is 3.30. The first-order valence-corrected chi connectivity index (χ1v) is 6.20. The summed E-state index contributed by atoms with van der Waals surface area (Å²) in [6.07, 6.45) is 0.0659. The number of hydrogen-bond donors (Lipinski definition) is 1. The van der Waals surface area contributed by atoms with Crippen molar-refractivity contribution in [3.63, 3.8) is 0 Å². The largest absolute Gasteiger partial charge is 0.481 e. The highest BCUT2D eigenvalue weighted by Gasteiger charge is 2.43. The summed E-state index contributed by atoms with van der Waals surface area (Å²) in [6.45, 7) is 2.36. The quantitative estimate of drug-likeness (QED) is 0.914. The highest BCUT2D eigenvalue weighted by atomic mass is 35.5. The van der Waals surface area contributed by atoms with Gasteiger partial charge in [-0.15, -0.1) is 0 Å². The molecule has 1 aromatic carbocycles. The van der Waals surface area contributed by atoms with E-state index in [0.29, 0.717) is 11.6 Å². The van der Waals surface area contributed by atoms with E-state index >= 15 is 0 Å². The van der Waals surface area contributed by atoms with E-state index in [9.17, 15) is 14.7 Å². The molecule has 0 saturated carbocycles. The van der Waals surface area contributed by atoms with Crippen LogP contribution in [0, 0.1) is 5.92 Å². The first kappa shape index (κ1) is 12.9. The number of benzene rings is 1. The van der Waals surface area contributed by atoms with Crippen LogP contribution in [0.3, 0.4) is 0 Å². The lowest BCUT2D eigenvalue weighted by Gasteiger charge is -2.26. The number of aliphatic carboxylic acids is 1. The molecule has 1 saturated heterocycles. The third kappa shape index (κ3) is 2.20. The van der Waals surface area contributed by atoms with Gasteiger partial charge in [-0.25, -0.2) is 0 Å². The SMILES string of the molecule is CCN1C(=O)C[C@H](C(=O)O)[C@@H]1c1ccc(Cl)cc1.